The van der Waals surface area contributed by atoms with Crippen LogP contribution in [-0.2, 0) is 6.42 Å². The van der Waals surface area contributed by atoms with Crippen LogP contribution >= 0.6 is 11.6 Å². The smallest absolute Gasteiger partial charge is 0.161 e. The topological polar surface area (TPSA) is 48.3 Å². The first kappa shape index (κ1) is 16.8. The van der Waals surface area contributed by atoms with Gasteiger partial charge in [-0.2, -0.15) is 5.10 Å². The van der Waals surface area contributed by atoms with E-state index in [1.54, 1.807) is 14.2 Å². The Hall–Kier alpha value is -2.66. The Morgan fingerprint density at radius 1 is 1.08 bits per heavy atom. The van der Waals surface area contributed by atoms with E-state index < -0.39 is 0 Å². The molecule has 0 fully saturated rings. The number of hydrogen-bond acceptors (Lipinski definition) is 4. The SMILES string of the molecule is COc1ccc(-c2nn(-c3cc(Cl)ccc3C)c3c2CCN3)cc1OC. The molecule has 6 heteroatoms. The normalized spacial score (nSPS) is 12.6. The van der Waals surface area contributed by atoms with Crippen molar-refractivity contribution in [3.05, 3.63) is 52.5 Å². The molecule has 2 aromatic carbocycles. The molecule has 0 bridgehead atoms. The van der Waals surface area contributed by atoms with Gasteiger partial charge < -0.3 is 14.8 Å². The van der Waals surface area contributed by atoms with Crippen LogP contribution in [0.5, 0.6) is 11.5 Å². The predicted octanol–water partition coefficient (Wildman–Crippen LogP) is 4.49. The number of benzene rings is 2. The van der Waals surface area contributed by atoms with Gasteiger partial charge in [0.05, 0.1) is 25.6 Å². The first-order valence-corrected chi connectivity index (χ1v) is 8.85. The van der Waals surface area contributed by atoms with Crippen LogP contribution in [0.3, 0.4) is 0 Å². The summed E-state index contributed by atoms with van der Waals surface area (Å²) in [6.07, 6.45) is 0.929. The van der Waals surface area contributed by atoms with Gasteiger partial charge in [0.2, 0.25) is 0 Å². The summed E-state index contributed by atoms with van der Waals surface area (Å²) in [7, 11) is 3.28. The molecule has 0 amide bonds. The molecule has 0 atom stereocenters. The number of nitrogens with zero attached hydrogens (tertiary/aromatic N) is 2. The third kappa shape index (κ3) is 2.69. The summed E-state index contributed by atoms with van der Waals surface area (Å²) in [6, 6.07) is 11.7. The lowest BCUT2D eigenvalue weighted by Gasteiger charge is -2.10. The van der Waals surface area contributed by atoms with Gasteiger partial charge in [-0.15, -0.1) is 0 Å². The molecule has 0 saturated carbocycles. The number of rotatable bonds is 4. The number of aryl methyl sites for hydroxylation is 1. The second-order valence-electron chi connectivity index (χ2n) is 6.26. The lowest BCUT2D eigenvalue weighted by atomic mass is 10.1. The fourth-order valence-corrected chi connectivity index (χ4v) is 3.54. The number of anilines is 1. The Labute approximate surface area is 157 Å². The molecule has 1 aliphatic rings. The Morgan fingerprint density at radius 3 is 2.65 bits per heavy atom. The van der Waals surface area contributed by atoms with Crippen LogP contribution in [-0.4, -0.2) is 30.5 Å². The summed E-state index contributed by atoms with van der Waals surface area (Å²) in [6.45, 7) is 2.96. The monoisotopic (exact) mass is 369 g/mol. The molecule has 134 valence electrons. The van der Waals surface area contributed by atoms with Gasteiger partial charge in [-0.3, -0.25) is 0 Å². The van der Waals surface area contributed by atoms with Crippen LogP contribution in [0.2, 0.25) is 5.02 Å². The molecular formula is C20H20ClN3O2. The van der Waals surface area contributed by atoms with E-state index in [4.69, 9.17) is 26.2 Å². The number of fused-ring (bicyclic) bond motifs is 1. The molecular weight excluding hydrogens is 350 g/mol. The molecule has 0 unspecified atom stereocenters. The summed E-state index contributed by atoms with van der Waals surface area (Å²) in [5, 5.41) is 9.06. The lowest BCUT2D eigenvalue weighted by molar-refractivity contribution is 0.355. The number of nitrogens with one attached hydrogen (secondary N) is 1. The van der Waals surface area contributed by atoms with Gasteiger partial charge in [-0.25, -0.2) is 4.68 Å². The van der Waals surface area contributed by atoms with E-state index in [0.717, 1.165) is 41.3 Å². The van der Waals surface area contributed by atoms with E-state index in [2.05, 4.69) is 12.2 Å². The first-order valence-electron chi connectivity index (χ1n) is 8.47. The van der Waals surface area contributed by atoms with Gasteiger partial charge in [0, 0.05) is 22.7 Å². The average molecular weight is 370 g/mol. The van der Waals surface area contributed by atoms with Crippen LogP contribution < -0.4 is 14.8 Å². The predicted molar refractivity (Wildman–Crippen MR) is 104 cm³/mol. The van der Waals surface area contributed by atoms with E-state index in [-0.39, 0.29) is 0 Å². The average Bonchev–Trinajstić information content (AvgIpc) is 3.26. The summed E-state index contributed by atoms with van der Waals surface area (Å²) >= 11 is 6.22. The Bertz CT molecular complexity index is 981. The number of methoxy groups -OCH3 is 2. The minimum Gasteiger partial charge on any atom is -0.493 e. The van der Waals surface area contributed by atoms with Crippen LogP contribution in [0, 0.1) is 6.92 Å². The number of aromatic nitrogens is 2. The van der Waals surface area contributed by atoms with Crippen molar-refractivity contribution in [3.63, 3.8) is 0 Å². The van der Waals surface area contributed by atoms with Crippen molar-refractivity contribution >= 4 is 17.4 Å². The molecule has 3 aromatic rings. The fourth-order valence-electron chi connectivity index (χ4n) is 3.38. The van der Waals surface area contributed by atoms with Gasteiger partial charge >= 0.3 is 0 Å². The van der Waals surface area contributed by atoms with Crippen molar-refractivity contribution in [1.82, 2.24) is 9.78 Å². The lowest BCUT2D eigenvalue weighted by Crippen LogP contribution is -2.05. The van der Waals surface area contributed by atoms with Gasteiger partial charge in [0.15, 0.2) is 11.5 Å². The van der Waals surface area contributed by atoms with E-state index in [1.807, 2.05) is 41.1 Å². The second-order valence-corrected chi connectivity index (χ2v) is 6.70. The van der Waals surface area contributed by atoms with Crippen molar-refractivity contribution < 1.29 is 9.47 Å². The highest BCUT2D eigenvalue weighted by Crippen LogP contribution is 2.38. The fraction of sp³-hybridized carbons (Fsp3) is 0.250. The van der Waals surface area contributed by atoms with Crippen molar-refractivity contribution in [2.45, 2.75) is 13.3 Å². The molecule has 0 radical (unpaired) electrons. The summed E-state index contributed by atoms with van der Waals surface area (Å²) in [5.74, 6) is 2.43. The highest BCUT2D eigenvalue weighted by atomic mass is 35.5. The van der Waals surface area contributed by atoms with Crippen LogP contribution in [0.1, 0.15) is 11.1 Å². The first-order chi connectivity index (χ1) is 12.6. The third-order valence-electron chi connectivity index (χ3n) is 4.71. The molecule has 4 rings (SSSR count). The highest BCUT2D eigenvalue weighted by molar-refractivity contribution is 6.30. The molecule has 5 nitrogen and oxygen atoms in total. The van der Waals surface area contributed by atoms with E-state index >= 15 is 0 Å². The van der Waals surface area contributed by atoms with Gasteiger partial charge in [-0.05, 0) is 49.2 Å². The maximum atomic E-state index is 6.22. The molecule has 0 spiro atoms. The summed E-state index contributed by atoms with van der Waals surface area (Å²) < 4.78 is 12.8. The van der Waals surface area contributed by atoms with E-state index in [0.29, 0.717) is 16.5 Å². The van der Waals surface area contributed by atoms with Crippen molar-refractivity contribution in [2.24, 2.45) is 0 Å². The maximum absolute atomic E-state index is 6.22. The Kier molecular flexibility index (Phi) is 4.24. The molecule has 26 heavy (non-hydrogen) atoms. The molecule has 1 aliphatic heterocycles. The number of hydrogen-bond donors (Lipinski definition) is 1. The summed E-state index contributed by atoms with van der Waals surface area (Å²) in [5.41, 5.74) is 5.25. The second kappa shape index (κ2) is 6.57. The van der Waals surface area contributed by atoms with Gasteiger partial charge in [0.25, 0.3) is 0 Å². The Morgan fingerprint density at radius 2 is 1.88 bits per heavy atom. The van der Waals surface area contributed by atoms with Crippen molar-refractivity contribution in [2.75, 3.05) is 26.1 Å². The molecule has 1 aromatic heterocycles. The van der Waals surface area contributed by atoms with Crippen LogP contribution in [0.25, 0.3) is 16.9 Å². The minimum absolute atomic E-state index is 0.693. The Balaban J connectivity index is 1.88. The van der Waals surface area contributed by atoms with E-state index in [1.165, 1.54) is 5.56 Å². The number of halogens is 1. The minimum atomic E-state index is 0.693. The molecule has 0 saturated heterocycles. The summed E-state index contributed by atoms with van der Waals surface area (Å²) in [4.78, 5) is 0. The largest absolute Gasteiger partial charge is 0.493 e. The standard InChI is InChI=1S/C20H20ClN3O2/c1-12-4-6-14(21)11-16(12)24-20-15(8-9-22-20)19(23-24)13-5-7-17(25-2)18(10-13)26-3/h4-7,10-11,22H,8-9H2,1-3H3. The third-order valence-corrected chi connectivity index (χ3v) is 4.94. The van der Waals surface area contributed by atoms with Crippen molar-refractivity contribution in [1.29, 1.82) is 0 Å². The number of ether oxygens (including phenoxy) is 2. The zero-order valence-electron chi connectivity index (χ0n) is 15.0. The highest BCUT2D eigenvalue weighted by Gasteiger charge is 2.25. The van der Waals surface area contributed by atoms with Crippen LogP contribution in [0.15, 0.2) is 36.4 Å². The molecule has 0 aliphatic carbocycles. The molecule has 2 heterocycles. The maximum Gasteiger partial charge on any atom is 0.161 e. The van der Waals surface area contributed by atoms with Gasteiger partial charge in [-0.1, -0.05) is 17.7 Å². The van der Waals surface area contributed by atoms with Gasteiger partial charge in [0.1, 0.15) is 5.82 Å². The van der Waals surface area contributed by atoms with Crippen molar-refractivity contribution in [3.8, 4) is 28.4 Å². The quantitative estimate of drug-likeness (QED) is 0.736. The zero-order valence-corrected chi connectivity index (χ0v) is 15.7. The zero-order chi connectivity index (χ0) is 18.3. The van der Waals surface area contributed by atoms with E-state index in [9.17, 15) is 0 Å². The van der Waals surface area contributed by atoms with Crippen LogP contribution in [0.4, 0.5) is 5.82 Å². The molecule has 1 N–H and O–H groups in total.